The molecule has 0 aliphatic heterocycles. The second kappa shape index (κ2) is 5.14. The quantitative estimate of drug-likeness (QED) is 0.833. The topological polar surface area (TPSA) is 68.0 Å². The van der Waals surface area contributed by atoms with Crippen molar-refractivity contribution in [1.82, 2.24) is 4.98 Å². The minimum Gasteiger partial charge on any atom is -0.368 e. The summed E-state index contributed by atoms with van der Waals surface area (Å²) in [6, 6.07) is 1.55. The van der Waals surface area contributed by atoms with Crippen LogP contribution in [0.3, 0.4) is 0 Å². The Kier molecular flexibility index (Phi) is 3.76. The summed E-state index contributed by atoms with van der Waals surface area (Å²) in [6.45, 7) is 3.09. The van der Waals surface area contributed by atoms with Gasteiger partial charge in [0.15, 0.2) is 0 Å². The molecular formula is C13H18ClN3O. The number of primary amides is 1. The molecule has 1 aliphatic rings. The molecule has 1 aromatic heterocycles. The van der Waals surface area contributed by atoms with Gasteiger partial charge in [0.25, 0.3) is 0 Å². The lowest BCUT2D eigenvalue weighted by molar-refractivity contribution is 0.1000. The van der Waals surface area contributed by atoms with E-state index >= 15 is 0 Å². The Balaban J connectivity index is 2.00. The Morgan fingerprint density at radius 3 is 2.83 bits per heavy atom. The average molecular weight is 268 g/mol. The second-order valence-corrected chi connectivity index (χ2v) is 5.43. The van der Waals surface area contributed by atoms with Gasteiger partial charge in [-0.2, -0.15) is 0 Å². The first kappa shape index (κ1) is 13.1. The zero-order chi connectivity index (χ0) is 13.2. The van der Waals surface area contributed by atoms with E-state index in [9.17, 15) is 4.79 Å². The third-order valence-electron chi connectivity index (χ3n) is 3.49. The maximum atomic E-state index is 11.0. The van der Waals surface area contributed by atoms with E-state index in [1.807, 2.05) is 0 Å². The highest BCUT2D eigenvalue weighted by molar-refractivity contribution is 6.33. The van der Waals surface area contributed by atoms with Crippen molar-refractivity contribution in [3.05, 3.63) is 22.8 Å². The molecule has 0 radical (unpaired) electrons. The predicted octanol–water partition coefficient (Wildman–Crippen LogP) is 2.83. The van der Waals surface area contributed by atoms with Crippen LogP contribution < -0.4 is 11.1 Å². The molecule has 3 N–H and O–H groups in total. The van der Waals surface area contributed by atoms with E-state index in [0.29, 0.717) is 21.8 Å². The number of anilines is 1. The van der Waals surface area contributed by atoms with E-state index < -0.39 is 5.91 Å². The highest BCUT2D eigenvalue weighted by atomic mass is 35.5. The largest absolute Gasteiger partial charge is 0.368 e. The molecule has 5 heteroatoms. The molecule has 18 heavy (non-hydrogen) atoms. The molecule has 1 amide bonds. The highest BCUT2D eigenvalue weighted by Gasteiger charge is 2.41. The van der Waals surface area contributed by atoms with Crippen LogP contribution in [0, 0.1) is 5.41 Å². The summed E-state index contributed by atoms with van der Waals surface area (Å²) < 4.78 is 0. The van der Waals surface area contributed by atoms with Crippen molar-refractivity contribution in [2.24, 2.45) is 11.1 Å². The van der Waals surface area contributed by atoms with Crippen molar-refractivity contribution in [2.45, 2.75) is 32.6 Å². The third-order valence-corrected chi connectivity index (χ3v) is 3.78. The number of nitrogens with one attached hydrogen (secondary N) is 1. The van der Waals surface area contributed by atoms with Gasteiger partial charge in [-0.15, -0.1) is 0 Å². The molecule has 0 saturated heterocycles. The van der Waals surface area contributed by atoms with Crippen LogP contribution in [0.25, 0.3) is 0 Å². The van der Waals surface area contributed by atoms with Crippen molar-refractivity contribution in [2.75, 3.05) is 11.9 Å². The summed E-state index contributed by atoms with van der Waals surface area (Å²) in [7, 11) is 0. The molecule has 98 valence electrons. The van der Waals surface area contributed by atoms with Gasteiger partial charge in [0.05, 0.1) is 10.6 Å². The normalized spacial score (nSPS) is 16.3. The summed E-state index contributed by atoms with van der Waals surface area (Å²) >= 11 is 6.07. The lowest BCUT2D eigenvalue weighted by Crippen LogP contribution is -2.17. The number of hydrogen-bond donors (Lipinski definition) is 2. The zero-order valence-electron chi connectivity index (χ0n) is 10.5. The molecule has 1 fully saturated rings. The van der Waals surface area contributed by atoms with Crippen molar-refractivity contribution < 1.29 is 4.79 Å². The molecule has 1 heterocycles. The number of pyridine rings is 1. The van der Waals surface area contributed by atoms with Crippen LogP contribution in [0.4, 0.5) is 5.82 Å². The van der Waals surface area contributed by atoms with E-state index in [1.165, 1.54) is 31.9 Å². The Morgan fingerprint density at radius 1 is 1.61 bits per heavy atom. The van der Waals surface area contributed by atoms with Crippen molar-refractivity contribution in [3.63, 3.8) is 0 Å². The smallest absolute Gasteiger partial charge is 0.250 e. The van der Waals surface area contributed by atoms with Crippen molar-refractivity contribution in [3.8, 4) is 0 Å². The van der Waals surface area contributed by atoms with Gasteiger partial charge in [-0.25, -0.2) is 4.98 Å². The molecule has 1 aromatic rings. The number of halogens is 1. The molecule has 4 nitrogen and oxygen atoms in total. The summed E-state index contributed by atoms with van der Waals surface area (Å²) in [4.78, 5) is 15.1. The Morgan fingerprint density at radius 2 is 2.33 bits per heavy atom. The summed E-state index contributed by atoms with van der Waals surface area (Å²) in [5.74, 6) is 0.115. The molecule has 1 aliphatic carbocycles. The number of aromatic nitrogens is 1. The van der Waals surface area contributed by atoms with Crippen molar-refractivity contribution >= 4 is 23.3 Å². The predicted molar refractivity (Wildman–Crippen MR) is 72.8 cm³/mol. The molecule has 1 saturated carbocycles. The fourth-order valence-corrected chi connectivity index (χ4v) is 2.43. The fourth-order valence-electron chi connectivity index (χ4n) is 2.20. The number of carbonyl (C=O) groups excluding carboxylic acids is 1. The Hall–Kier alpha value is -1.29. The van der Waals surface area contributed by atoms with Gasteiger partial charge in [0, 0.05) is 12.7 Å². The lowest BCUT2D eigenvalue weighted by atomic mass is 10.0. The van der Waals surface area contributed by atoms with Gasteiger partial charge in [-0.05, 0) is 30.7 Å². The van der Waals surface area contributed by atoms with E-state index in [0.717, 1.165) is 6.54 Å². The SMILES string of the molecule is CCCC1(CNc2ncc(C(N)=O)cc2Cl)CC1. The molecule has 0 spiro atoms. The number of carbonyl (C=O) groups is 1. The fraction of sp³-hybridized carbons (Fsp3) is 0.538. The van der Waals surface area contributed by atoms with Gasteiger partial charge in [0.1, 0.15) is 5.82 Å². The van der Waals surface area contributed by atoms with E-state index in [1.54, 1.807) is 6.07 Å². The van der Waals surface area contributed by atoms with Crippen LogP contribution in [-0.2, 0) is 0 Å². The first-order chi connectivity index (χ1) is 8.56. The summed E-state index contributed by atoms with van der Waals surface area (Å²) in [5, 5.41) is 3.71. The summed E-state index contributed by atoms with van der Waals surface area (Å²) in [6.07, 6.45) is 6.42. The molecule has 0 aromatic carbocycles. The minimum atomic E-state index is -0.513. The van der Waals surface area contributed by atoms with Gasteiger partial charge in [0.2, 0.25) is 5.91 Å². The van der Waals surface area contributed by atoms with Gasteiger partial charge >= 0.3 is 0 Å². The van der Waals surface area contributed by atoms with Gasteiger partial charge in [-0.3, -0.25) is 4.79 Å². The number of hydrogen-bond acceptors (Lipinski definition) is 3. The number of amides is 1. The molecule has 0 bridgehead atoms. The first-order valence-electron chi connectivity index (χ1n) is 6.25. The third kappa shape index (κ3) is 2.93. The van der Waals surface area contributed by atoms with Crippen LogP contribution >= 0.6 is 11.6 Å². The maximum absolute atomic E-state index is 11.0. The first-order valence-corrected chi connectivity index (χ1v) is 6.63. The molecule has 2 rings (SSSR count). The molecular weight excluding hydrogens is 250 g/mol. The number of rotatable bonds is 6. The number of nitrogens with zero attached hydrogens (tertiary/aromatic N) is 1. The van der Waals surface area contributed by atoms with Gasteiger partial charge in [-0.1, -0.05) is 24.9 Å². The monoisotopic (exact) mass is 267 g/mol. The average Bonchev–Trinajstić information content (AvgIpc) is 3.08. The van der Waals surface area contributed by atoms with Crippen LogP contribution in [0.15, 0.2) is 12.3 Å². The van der Waals surface area contributed by atoms with E-state index in [2.05, 4.69) is 17.2 Å². The zero-order valence-corrected chi connectivity index (χ0v) is 11.3. The van der Waals surface area contributed by atoms with E-state index in [4.69, 9.17) is 17.3 Å². The lowest BCUT2D eigenvalue weighted by Gasteiger charge is -2.16. The Bertz CT molecular complexity index is 458. The summed E-state index contributed by atoms with van der Waals surface area (Å²) in [5.41, 5.74) is 5.93. The Labute approximate surface area is 112 Å². The highest BCUT2D eigenvalue weighted by Crippen LogP contribution is 2.49. The minimum absolute atomic E-state index is 0.334. The van der Waals surface area contributed by atoms with Crippen LogP contribution in [-0.4, -0.2) is 17.4 Å². The standard InChI is InChI=1S/C13H18ClN3O/c1-2-3-13(4-5-13)8-17-12-10(14)6-9(7-16-12)11(15)18/h6-7H,2-5,8H2,1H3,(H2,15,18)(H,16,17). The van der Waals surface area contributed by atoms with E-state index in [-0.39, 0.29) is 0 Å². The molecule has 0 unspecified atom stereocenters. The number of nitrogens with two attached hydrogens (primary N) is 1. The van der Waals surface area contributed by atoms with Crippen molar-refractivity contribution in [1.29, 1.82) is 0 Å². The van der Waals surface area contributed by atoms with Gasteiger partial charge < -0.3 is 11.1 Å². The second-order valence-electron chi connectivity index (χ2n) is 5.02. The van der Waals surface area contributed by atoms with Crippen LogP contribution in [0.5, 0.6) is 0 Å². The van der Waals surface area contributed by atoms with Crippen LogP contribution in [0.1, 0.15) is 43.0 Å². The maximum Gasteiger partial charge on any atom is 0.250 e. The molecule has 0 atom stereocenters. The van der Waals surface area contributed by atoms with Crippen LogP contribution in [0.2, 0.25) is 5.02 Å².